The summed E-state index contributed by atoms with van der Waals surface area (Å²) in [5.41, 5.74) is 3.44. The average molecular weight is 266 g/mol. The van der Waals surface area contributed by atoms with Crippen LogP contribution in [-0.2, 0) is 0 Å². The van der Waals surface area contributed by atoms with E-state index in [1.807, 2.05) is 24.3 Å². The van der Waals surface area contributed by atoms with Gasteiger partial charge in [-0.3, -0.25) is 0 Å². The maximum absolute atomic E-state index is 10.1. The Hall–Kier alpha value is -1.76. The lowest BCUT2D eigenvalue weighted by atomic mass is 9.78. The predicted octanol–water partition coefficient (Wildman–Crippen LogP) is 5.35. The summed E-state index contributed by atoms with van der Waals surface area (Å²) in [6.07, 6.45) is 5.25. The average Bonchev–Trinajstić information content (AvgIpc) is 2.48. The normalized spacial score (nSPS) is 22.6. The van der Waals surface area contributed by atoms with Gasteiger partial charge < -0.3 is 5.11 Å². The van der Waals surface area contributed by atoms with E-state index in [2.05, 4.69) is 31.2 Å². The lowest BCUT2D eigenvalue weighted by Crippen LogP contribution is -2.11. The van der Waals surface area contributed by atoms with Crippen molar-refractivity contribution in [2.45, 2.75) is 38.5 Å². The lowest BCUT2D eigenvalue weighted by molar-refractivity contribution is 0.344. The van der Waals surface area contributed by atoms with Crippen LogP contribution in [0.1, 0.15) is 44.1 Å². The molecule has 1 nitrogen and oxygen atoms in total. The molecule has 0 amide bonds. The molecule has 1 aliphatic rings. The second-order valence-corrected chi connectivity index (χ2v) is 6.11. The zero-order valence-electron chi connectivity index (χ0n) is 12.0. The minimum Gasteiger partial charge on any atom is -0.507 e. The molecule has 1 heteroatoms. The highest BCUT2D eigenvalue weighted by Crippen LogP contribution is 2.39. The highest BCUT2D eigenvalue weighted by molar-refractivity contribution is 5.70. The summed E-state index contributed by atoms with van der Waals surface area (Å²) in [6, 6.07) is 16.3. The van der Waals surface area contributed by atoms with E-state index in [0.29, 0.717) is 11.7 Å². The fraction of sp³-hybridized carbons (Fsp3) is 0.368. The van der Waals surface area contributed by atoms with Crippen LogP contribution in [-0.4, -0.2) is 5.11 Å². The van der Waals surface area contributed by atoms with Gasteiger partial charge >= 0.3 is 0 Å². The van der Waals surface area contributed by atoms with E-state index in [-0.39, 0.29) is 0 Å². The number of hydrogen-bond acceptors (Lipinski definition) is 1. The minimum absolute atomic E-state index is 0.379. The fourth-order valence-electron chi connectivity index (χ4n) is 3.39. The van der Waals surface area contributed by atoms with Gasteiger partial charge in [-0.25, -0.2) is 0 Å². The number of hydrogen-bond donors (Lipinski definition) is 1. The van der Waals surface area contributed by atoms with E-state index < -0.39 is 0 Å². The Kier molecular flexibility index (Phi) is 3.77. The van der Waals surface area contributed by atoms with Crippen LogP contribution in [0, 0.1) is 5.92 Å². The van der Waals surface area contributed by atoms with Crippen LogP contribution in [0.5, 0.6) is 5.75 Å². The van der Waals surface area contributed by atoms with Crippen LogP contribution in [0.3, 0.4) is 0 Å². The van der Waals surface area contributed by atoms with E-state index in [9.17, 15) is 5.11 Å². The van der Waals surface area contributed by atoms with E-state index in [1.165, 1.54) is 31.2 Å². The van der Waals surface area contributed by atoms with Crippen molar-refractivity contribution in [2.24, 2.45) is 5.92 Å². The number of phenolic OH excluding ortho intramolecular Hbond substituents is 1. The molecule has 0 saturated heterocycles. The minimum atomic E-state index is 0.379. The van der Waals surface area contributed by atoms with Crippen LogP contribution in [0.4, 0.5) is 0 Å². The van der Waals surface area contributed by atoms with Crippen LogP contribution in [0.2, 0.25) is 0 Å². The van der Waals surface area contributed by atoms with Crippen LogP contribution < -0.4 is 0 Å². The predicted molar refractivity (Wildman–Crippen MR) is 83.9 cm³/mol. The van der Waals surface area contributed by atoms with Crippen molar-refractivity contribution in [3.05, 3.63) is 54.1 Å². The van der Waals surface area contributed by atoms with Crippen LogP contribution in [0.25, 0.3) is 11.1 Å². The Morgan fingerprint density at radius 1 is 1.00 bits per heavy atom. The molecule has 1 aliphatic carbocycles. The van der Waals surface area contributed by atoms with Crippen molar-refractivity contribution < 1.29 is 5.11 Å². The van der Waals surface area contributed by atoms with Gasteiger partial charge in [0, 0.05) is 5.56 Å². The highest BCUT2D eigenvalue weighted by Gasteiger charge is 2.21. The SMILES string of the molecule is CC1CCCC(c2ccc(O)c(-c3ccccc3)c2)C1. The summed E-state index contributed by atoms with van der Waals surface area (Å²) in [5.74, 6) is 1.85. The molecule has 0 aliphatic heterocycles. The first-order chi connectivity index (χ1) is 9.74. The van der Waals surface area contributed by atoms with Crippen molar-refractivity contribution in [2.75, 3.05) is 0 Å². The largest absolute Gasteiger partial charge is 0.507 e. The molecule has 2 atom stereocenters. The van der Waals surface area contributed by atoms with Crippen molar-refractivity contribution in [3.8, 4) is 16.9 Å². The molecule has 2 aromatic rings. The first kappa shape index (κ1) is 13.2. The lowest BCUT2D eigenvalue weighted by Gasteiger charge is -2.27. The Balaban J connectivity index is 1.94. The molecule has 1 N–H and O–H groups in total. The van der Waals surface area contributed by atoms with E-state index in [1.54, 1.807) is 0 Å². The maximum Gasteiger partial charge on any atom is 0.123 e. The van der Waals surface area contributed by atoms with Gasteiger partial charge in [-0.2, -0.15) is 0 Å². The Morgan fingerprint density at radius 2 is 1.80 bits per heavy atom. The third-order valence-electron chi connectivity index (χ3n) is 4.51. The third kappa shape index (κ3) is 2.72. The molecule has 0 bridgehead atoms. The van der Waals surface area contributed by atoms with Gasteiger partial charge in [0.1, 0.15) is 5.75 Å². The van der Waals surface area contributed by atoms with E-state index >= 15 is 0 Å². The molecular weight excluding hydrogens is 244 g/mol. The van der Waals surface area contributed by atoms with Gasteiger partial charge in [0.15, 0.2) is 0 Å². The highest BCUT2D eigenvalue weighted by atomic mass is 16.3. The molecule has 3 rings (SSSR count). The van der Waals surface area contributed by atoms with Gasteiger partial charge in [-0.05, 0) is 47.9 Å². The van der Waals surface area contributed by atoms with Gasteiger partial charge in [-0.1, -0.05) is 56.2 Å². The quantitative estimate of drug-likeness (QED) is 0.776. The summed E-state index contributed by atoms with van der Waals surface area (Å²) in [4.78, 5) is 0. The van der Waals surface area contributed by atoms with Crippen molar-refractivity contribution in [1.82, 2.24) is 0 Å². The fourth-order valence-corrected chi connectivity index (χ4v) is 3.39. The third-order valence-corrected chi connectivity index (χ3v) is 4.51. The number of phenols is 1. The zero-order chi connectivity index (χ0) is 13.9. The summed E-state index contributed by atoms with van der Waals surface area (Å²) >= 11 is 0. The number of benzene rings is 2. The summed E-state index contributed by atoms with van der Waals surface area (Å²) in [6.45, 7) is 2.35. The smallest absolute Gasteiger partial charge is 0.123 e. The van der Waals surface area contributed by atoms with Crippen molar-refractivity contribution >= 4 is 0 Å². The first-order valence-corrected chi connectivity index (χ1v) is 7.62. The molecule has 1 saturated carbocycles. The molecule has 0 heterocycles. The molecule has 2 unspecified atom stereocenters. The monoisotopic (exact) mass is 266 g/mol. The molecule has 0 spiro atoms. The standard InChI is InChI=1S/C19H22O/c1-14-6-5-9-16(12-14)17-10-11-19(20)18(13-17)15-7-3-2-4-8-15/h2-4,7-8,10-11,13-14,16,20H,5-6,9,12H2,1H3. The molecular formula is C19H22O. The summed E-state index contributed by atoms with van der Waals surface area (Å²) < 4.78 is 0. The molecule has 1 fully saturated rings. The van der Waals surface area contributed by atoms with E-state index in [4.69, 9.17) is 0 Å². The Labute approximate surface area is 121 Å². The van der Waals surface area contributed by atoms with Gasteiger partial charge in [-0.15, -0.1) is 0 Å². The number of aromatic hydroxyl groups is 1. The summed E-state index contributed by atoms with van der Waals surface area (Å²) in [5, 5.41) is 10.1. The Bertz CT molecular complexity index is 574. The van der Waals surface area contributed by atoms with E-state index in [0.717, 1.165) is 17.0 Å². The summed E-state index contributed by atoms with van der Waals surface area (Å²) in [7, 11) is 0. The second kappa shape index (κ2) is 5.70. The second-order valence-electron chi connectivity index (χ2n) is 6.11. The number of rotatable bonds is 2. The molecule has 2 aromatic carbocycles. The van der Waals surface area contributed by atoms with Crippen molar-refractivity contribution in [1.29, 1.82) is 0 Å². The zero-order valence-corrected chi connectivity index (χ0v) is 12.0. The van der Waals surface area contributed by atoms with Crippen LogP contribution in [0.15, 0.2) is 48.5 Å². The molecule has 20 heavy (non-hydrogen) atoms. The topological polar surface area (TPSA) is 20.2 Å². The van der Waals surface area contributed by atoms with Crippen molar-refractivity contribution in [3.63, 3.8) is 0 Å². The van der Waals surface area contributed by atoms with Crippen LogP contribution >= 0.6 is 0 Å². The van der Waals surface area contributed by atoms with Gasteiger partial charge in [0.25, 0.3) is 0 Å². The van der Waals surface area contributed by atoms with Gasteiger partial charge in [0.05, 0.1) is 0 Å². The molecule has 104 valence electrons. The molecule has 0 radical (unpaired) electrons. The van der Waals surface area contributed by atoms with Gasteiger partial charge in [0.2, 0.25) is 0 Å². The molecule has 0 aromatic heterocycles. The maximum atomic E-state index is 10.1. The first-order valence-electron chi connectivity index (χ1n) is 7.62. The Morgan fingerprint density at radius 3 is 2.55 bits per heavy atom.